The average Bonchev–Trinajstić information content (AvgIpc) is 3.51. The van der Waals surface area contributed by atoms with Gasteiger partial charge in [0.05, 0.1) is 35.0 Å². The summed E-state index contributed by atoms with van der Waals surface area (Å²) in [6.07, 6.45) is 3.98. The molecule has 2 heterocycles. The molecular formula is C31H31ClF3N5O3S. The van der Waals surface area contributed by atoms with Gasteiger partial charge < -0.3 is 20.9 Å². The molecule has 4 rings (SSSR count). The van der Waals surface area contributed by atoms with E-state index in [1.807, 2.05) is 6.92 Å². The van der Waals surface area contributed by atoms with E-state index in [4.69, 9.17) is 22.1 Å². The van der Waals surface area contributed by atoms with Crippen LogP contribution in [0.5, 0.6) is 5.75 Å². The number of methoxy groups -OCH3 is 1. The van der Waals surface area contributed by atoms with Gasteiger partial charge in [0.25, 0.3) is 5.91 Å². The number of aromatic nitrogens is 2. The number of nitrogens with one attached hydrogen (secondary N) is 1. The van der Waals surface area contributed by atoms with E-state index in [0.29, 0.717) is 34.6 Å². The second-order valence-electron chi connectivity index (χ2n) is 10.4. The quantitative estimate of drug-likeness (QED) is 0.0974. The van der Waals surface area contributed by atoms with E-state index in [1.165, 1.54) is 44.4 Å². The van der Waals surface area contributed by atoms with Crippen molar-refractivity contribution in [2.24, 2.45) is 4.99 Å². The zero-order chi connectivity index (χ0) is 32.2. The third-order valence-electron chi connectivity index (χ3n) is 6.71. The number of nitrogens with two attached hydrogens (primary N) is 1. The predicted octanol–water partition coefficient (Wildman–Crippen LogP) is 6.48. The molecule has 1 amide bonds. The summed E-state index contributed by atoms with van der Waals surface area (Å²) in [5.41, 5.74) is 4.68. The number of benzene rings is 2. The molecule has 0 bridgehead atoms. The van der Waals surface area contributed by atoms with E-state index in [1.54, 1.807) is 23.9 Å². The summed E-state index contributed by atoms with van der Waals surface area (Å²) in [6, 6.07) is 5.91. The predicted molar refractivity (Wildman–Crippen MR) is 166 cm³/mol. The van der Waals surface area contributed by atoms with Gasteiger partial charge in [-0.05, 0) is 44.5 Å². The summed E-state index contributed by atoms with van der Waals surface area (Å²) in [6.45, 7) is 5.24. The first-order chi connectivity index (χ1) is 20.8. The van der Waals surface area contributed by atoms with E-state index < -0.39 is 51.2 Å². The van der Waals surface area contributed by atoms with E-state index in [2.05, 4.69) is 20.3 Å². The molecule has 0 aliphatic carbocycles. The minimum Gasteiger partial charge on any atom is -0.495 e. The van der Waals surface area contributed by atoms with E-state index in [0.717, 1.165) is 12.5 Å². The van der Waals surface area contributed by atoms with Crippen molar-refractivity contribution in [1.82, 2.24) is 15.3 Å². The van der Waals surface area contributed by atoms with Crippen LogP contribution in [0.2, 0.25) is 5.02 Å². The molecule has 0 fully saturated rings. The smallest absolute Gasteiger partial charge is 0.251 e. The van der Waals surface area contributed by atoms with E-state index in [9.17, 15) is 18.7 Å². The van der Waals surface area contributed by atoms with Gasteiger partial charge in [-0.3, -0.25) is 9.79 Å². The Morgan fingerprint density at radius 1 is 1.23 bits per heavy atom. The molecule has 44 heavy (non-hydrogen) atoms. The largest absolute Gasteiger partial charge is 0.495 e. The number of aliphatic imine (C=N–C) groups is 1. The molecule has 0 spiro atoms. The lowest BCUT2D eigenvalue weighted by Crippen LogP contribution is -2.30. The Kier molecular flexibility index (Phi) is 10.3. The standard InChI is InChI=1S/C31H31ClF3N5O3S/c1-5-6-37-14-17-9-16(10-25(43-4)27(17)36)29(41)39-15-19(30-38-7-8-44-30)24-12-20(31(2,3)42)26(35)28(40-24)18-11-21(32)23(34)13-22(18)33/h7-14,19,42H,5-6,15,36H2,1-4H3,(H,39,41). The van der Waals surface area contributed by atoms with Crippen molar-refractivity contribution in [3.63, 3.8) is 0 Å². The highest BCUT2D eigenvalue weighted by atomic mass is 35.5. The molecule has 232 valence electrons. The Labute approximate surface area is 261 Å². The second-order valence-corrected chi connectivity index (χ2v) is 11.7. The van der Waals surface area contributed by atoms with Crippen LogP contribution in [-0.2, 0) is 5.60 Å². The summed E-state index contributed by atoms with van der Waals surface area (Å²) in [7, 11) is 1.44. The number of amides is 1. The number of nitrogen functional groups attached to an aromatic ring is 1. The van der Waals surface area contributed by atoms with Gasteiger partial charge >= 0.3 is 0 Å². The molecule has 8 nitrogen and oxygen atoms in total. The van der Waals surface area contributed by atoms with Gasteiger partial charge in [0, 0.05) is 59.2 Å². The number of ether oxygens (including phenoxy) is 1. The highest BCUT2D eigenvalue weighted by Crippen LogP contribution is 2.36. The topological polar surface area (TPSA) is 123 Å². The van der Waals surface area contributed by atoms with Gasteiger partial charge in [-0.15, -0.1) is 11.3 Å². The average molecular weight is 646 g/mol. The monoisotopic (exact) mass is 645 g/mol. The fraction of sp³-hybridized carbons (Fsp3) is 0.290. The van der Waals surface area contributed by atoms with Crippen molar-refractivity contribution in [3.05, 3.63) is 91.8 Å². The summed E-state index contributed by atoms with van der Waals surface area (Å²) in [5, 5.41) is 15.5. The van der Waals surface area contributed by atoms with Crippen LogP contribution in [0.3, 0.4) is 0 Å². The van der Waals surface area contributed by atoms with Gasteiger partial charge in [0.2, 0.25) is 0 Å². The number of aliphatic hydroxyl groups is 1. The normalized spacial score (nSPS) is 12.5. The molecule has 0 saturated heterocycles. The lowest BCUT2D eigenvalue weighted by atomic mass is 9.92. The Balaban J connectivity index is 1.78. The highest BCUT2D eigenvalue weighted by Gasteiger charge is 2.30. The fourth-order valence-corrected chi connectivity index (χ4v) is 5.34. The Morgan fingerprint density at radius 3 is 2.61 bits per heavy atom. The summed E-state index contributed by atoms with van der Waals surface area (Å²) in [5.74, 6) is -4.04. The number of nitrogens with zero attached hydrogens (tertiary/aromatic N) is 3. The highest BCUT2D eigenvalue weighted by molar-refractivity contribution is 7.09. The maximum Gasteiger partial charge on any atom is 0.251 e. The zero-order valence-electron chi connectivity index (χ0n) is 24.4. The minimum absolute atomic E-state index is 0.0612. The van der Waals surface area contributed by atoms with Crippen molar-refractivity contribution in [3.8, 4) is 17.0 Å². The molecule has 0 saturated carbocycles. The number of rotatable bonds is 11. The number of carbonyl (C=O) groups is 1. The van der Waals surface area contributed by atoms with Crippen molar-refractivity contribution < 1.29 is 27.8 Å². The van der Waals surface area contributed by atoms with E-state index in [-0.39, 0.29) is 23.4 Å². The van der Waals surface area contributed by atoms with Crippen molar-refractivity contribution in [2.75, 3.05) is 25.9 Å². The molecule has 13 heteroatoms. The lowest BCUT2D eigenvalue weighted by molar-refractivity contribution is 0.0743. The van der Waals surface area contributed by atoms with Crippen molar-refractivity contribution >= 4 is 40.7 Å². The molecule has 1 atom stereocenters. The summed E-state index contributed by atoms with van der Waals surface area (Å²) >= 11 is 7.16. The number of hydrogen-bond acceptors (Lipinski definition) is 8. The van der Waals surface area contributed by atoms with Crippen LogP contribution in [0.25, 0.3) is 11.3 Å². The lowest BCUT2D eigenvalue weighted by Gasteiger charge is -2.24. The van der Waals surface area contributed by atoms with Gasteiger partial charge in [-0.2, -0.15) is 0 Å². The van der Waals surface area contributed by atoms with Gasteiger partial charge in [-0.1, -0.05) is 18.5 Å². The molecule has 0 aliphatic heterocycles. The maximum absolute atomic E-state index is 15.8. The van der Waals surface area contributed by atoms with Crippen LogP contribution in [0, 0.1) is 17.5 Å². The minimum atomic E-state index is -1.72. The van der Waals surface area contributed by atoms with Crippen LogP contribution in [0.15, 0.2) is 46.9 Å². The molecular weight excluding hydrogens is 615 g/mol. The van der Waals surface area contributed by atoms with E-state index >= 15 is 4.39 Å². The third-order valence-corrected chi connectivity index (χ3v) is 7.89. The molecule has 2 aromatic heterocycles. The number of carbonyl (C=O) groups excluding carboxylic acids is 1. The van der Waals surface area contributed by atoms with Crippen molar-refractivity contribution in [1.29, 1.82) is 0 Å². The molecule has 0 aliphatic rings. The van der Waals surface area contributed by atoms with Gasteiger partial charge in [0.15, 0.2) is 5.82 Å². The first kappa shape index (κ1) is 32.9. The zero-order valence-corrected chi connectivity index (χ0v) is 26.0. The summed E-state index contributed by atoms with van der Waals surface area (Å²) in [4.78, 5) is 26.5. The number of thiazole rings is 1. The van der Waals surface area contributed by atoms with Crippen LogP contribution in [0.4, 0.5) is 18.9 Å². The molecule has 4 aromatic rings. The Bertz CT molecular complexity index is 1690. The van der Waals surface area contributed by atoms with Crippen LogP contribution >= 0.6 is 22.9 Å². The van der Waals surface area contributed by atoms with Crippen molar-refractivity contribution in [2.45, 2.75) is 38.7 Å². The van der Waals surface area contributed by atoms with Gasteiger partial charge in [-0.25, -0.2) is 23.1 Å². The van der Waals surface area contributed by atoms with Gasteiger partial charge in [0.1, 0.15) is 28.1 Å². The molecule has 2 aromatic carbocycles. The molecule has 4 N–H and O–H groups in total. The molecule has 1 unspecified atom stereocenters. The first-order valence-electron chi connectivity index (χ1n) is 13.6. The molecule has 0 radical (unpaired) electrons. The fourth-order valence-electron chi connectivity index (χ4n) is 4.42. The second kappa shape index (κ2) is 13.7. The number of pyridine rings is 1. The maximum atomic E-state index is 15.8. The number of anilines is 1. The Hall–Kier alpha value is -4.00. The number of hydrogen-bond donors (Lipinski definition) is 3. The van der Waals surface area contributed by atoms with Crippen LogP contribution in [-0.4, -0.2) is 47.4 Å². The third kappa shape index (κ3) is 7.20. The summed E-state index contributed by atoms with van der Waals surface area (Å²) < 4.78 is 50.0. The van der Waals surface area contributed by atoms with Crippen LogP contribution < -0.4 is 15.8 Å². The van der Waals surface area contributed by atoms with Crippen LogP contribution in [0.1, 0.15) is 65.3 Å². The number of halogens is 4. The Morgan fingerprint density at radius 2 is 1.98 bits per heavy atom. The first-order valence-corrected chi connectivity index (χ1v) is 14.8. The SMILES string of the molecule is CCCN=Cc1cc(C(=O)NCC(c2cc(C(C)(C)O)c(F)c(-c3cc(Cl)c(F)cc3F)n2)c2nccs2)cc(OC)c1N.